The van der Waals surface area contributed by atoms with Crippen molar-refractivity contribution in [3.05, 3.63) is 71.4 Å². The van der Waals surface area contributed by atoms with E-state index < -0.39 is 12.0 Å². The molecule has 5 rings (SSSR count). The van der Waals surface area contributed by atoms with Crippen molar-refractivity contribution in [2.75, 3.05) is 13.1 Å². The van der Waals surface area contributed by atoms with Gasteiger partial charge in [0.15, 0.2) is 5.78 Å². The number of carboxylic acids is 1. The lowest BCUT2D eigenvalue weighted by atomic mass is 9.81. The fraction of sp³-hybridized carbons (Fsp3) is 0.414. The lowest BCUT2D eigenvalue weighted by molar-refractivity contribution is -0.142. The molecule has 2 aliphatic rings. The highest BCUT2D eigenvalue weighted by Crippen LogP contribution is 2.38. The number of aromatic nitrogens is 1. The minimum Gasteiger partial charge on any atom is -0.477 e. The van der Waals surface area contributed by atoms with E-state index in [1.165, 1.54) is 0 Å². The number of carboxylic acid groups (broad SMARTS) is 1. The van der Waals surface area contributed by atoms with Gasteiger partial charge < -0.3 is 20.7 Å². The number of carbonyl (C=O) groups excluding carboxylic acids is 2. The molecule has 2 atom stereocenters. The van der Waals surface area contributed by atoms with Gasteiger partial charge in [-0.3, -0.25) is 9.59 Å². The summed E-state index contributed by atoms with van der Waals surface area (Å²) in [6.07, 6.45) is 4.58. The topological polar surface area (TPSA) is 116 Å². The first-order chi connectivity index (χ1) is 17.4. The second kappa shape index (κ2) is 10.3. The number of Topliss-reactive ketones (excluding diaryl/α,β-unsaturated/α-hetero) is 1. The van der Waals surface area contributed by atoms with Crippen molar-refractivity contribution in [1.82, 2.24) is 9.88 Å². The van der Waals surface area contributed by atoms with Gasteiger partial charge in [0.05, 0.1) is 6.04 Å². The van der Waals surface area contributed by atoms with E-state index in [1.807, 2.05) is 53.4 Å². The summed E-state index contributed by atoms with van der Waals surface area (Å²) in [5.41, 5.74) is 8.59. The third kappa shape index (κ3) is 4.80. The third-order valence-electron chi connectivity index (χ3n) is 8.06. The summed E-state index contributed by atoms with van der Waals surface area (Å²) in [7, 11) is 0. The molecular formula is C29H33N3O4. The van der Waals surface area contributed by atoms with Crippen LogP contribution in [0.4, 0.5) is 0 Å². The second-order valence-corrected chi connectivity index (χ2v) is 10.3. The Morgan fingerprint density at radius 1 is 0.972 bits per heavy atom. The van der Waals surface area contributed by atoms with Crippen LogP contribution in [0.5, 0.6) is 0 Å². The second-order valence-electron chi connectivity index (χ2n) is 10.3. The molecule has 1 saturated heterocycles. The highest BCUT2D eigenvalue weighted by molar-refractivity contribution is 5.95. The smallest absolute Gasteiger partial charge is 0.352 e. The normalized spacial score (nSPS) is 24.2. The third-order valence-corrected chi connectivity index (χ3v) is 8.06. The first-order valence-corrected chi connectivity index (χ1v) is 12.9. The lowest BCUT2D eigenvalue weighted by Crippen LogP contribution is -2.46. The molecule has 1 aliphatic carbocycles. The van der Waals surface area contributed by atoms with Crippen LogP contribution in [0.1, 0.15) is 59.6 Å². The lowest BCUT2D eigenvalue weighted by Gasteiger charge is -2.33. The van der Waals surface area contributed by atoms with Crippen LogP contribution >= 0.6 is 0 Å². The Morgan fingerprint density at radius 3 is 2.42 bits per heavy atom. The van der Waals surface area contributed by atoms with E-state index in [0.29, 0.717) is 19.0 Å². The molecule has 1 aliphatic heterocycles. The number of hydrogen-bond donors (Lipinski definition) is 3. The van der Waals surface area contributed by atoms with Gasteiger partial charge in [0, 0.05) is 35.7 Å². The summed E-state index contributed by atoms with van der Waals surface area (Å²) in [6.45, 7) is 1.26. The molecule has 0 bridgehead atoms. The molecule has 7 nitrogen and oxygen atoms in total. The maximum Gasteiger partial charge on any atom is 0.352 e. The van der Waals surface area contributed by atoms with Gasteiger partial charge in [0.25, 0.3) is 0 Å². The number of likely N-dealkylation sites (tertiary alicyclic amines) is 1. The van der Waals surface area contributed by atoms with Gasteiger partial charge in [-0.2, -0.15) is 0 Å². The number of H-pyrrole nitrogens is 1. The quantitative estimate of drug-likeness (QED) is 0.463. The van der Waals surface area contributed by atoms with E-state index in [4.69, 9.17) is 5.73 Å². The minimum absolute atomic E-state index is 0.0266. The van der Waals surface area contributed by atoms with Gasteiger partial charge in [-0.05, 0) is 73.9 Å². The molecular weight excluding hydrogens is 454 g/mol. The largest absolute Gasteiger partial charge is 0.477 e. The van der Waals surface area contributed by atoms with Crippen molar-refractivity contribution < 1.29 is 19.5 Å². The Labute approximate surface area is 210 Å². The fourth-order valence-electron chi connectivity index (χ4n) is 6.08. The van der Waals surface area contributed by atoms with Crippen molar-refractivity contribution in [1.29, 1.82) is 0 Å². The van der Waals surface area contributed by atoms with Crippen molar-refractivity contribution >= 4 is 28.6 Å². The zero-order chi connectivity index (χ0) is 25.2. The summed E-state index contributed by atoms with van der Waals surface area (Å²) in [4.78, 5) is 43.5. The Morgan fingerprint density at radius 2 is 1.72 bits per heavy atom. The standard InChI is InChI=1S/C29H33N3O4/c30-17-18-6-9-21(10-7-18)28(34)32-13-12-23(20-4-2-1-3-5-20)27(32)26(33)15-19-8-11-24-22(14-19)16-25(31-24)29(35)36/h1-5,8,11,14,16,18,21,23,27,31H,6-7,9-10,12-13,15,17,30H2,(H,35,36). The molecule has 3 aromatic rings. The number of benzene rings is 2. The predicted octanol–water partition coefficient (Wildman–Crippen LogP) is 4.13. The average Bonchev–Trinajstić information content (AvgIpc) is 3.54. The number of aromatic amines is 1. The maximum absolute atomic E-state index is 13.8. The number of nitrogens with two attached hydrogens (primary N) is 1. The number of ketones is 1. The molecule has 1 aromatic heterocycles. The molecule has 36 heavy (non-hydrogen) atoms. The Bertz CT molecular complexity index is 1260. The molecule has 1 amide bonds. The van der Waals surface area contributed by atoms with Gasteiger partial charge in [-0.1, -0.05) is 36.4 Å². The van der Waals surface area contributed by atoms with Crippen LogP contribution in [-0.4, -0.2) is 51.8 Å². The minimum atomic E-state index is -1.02. The monoisotopic (exact) mass is 487 g/mol. The first-order valence-electron chi connectivity index (χ1n) is 12.9. The van der Waals surface area contributed by atoms with Crippen LogP contribution < -0.4 is 5.73 Å². The van der Waals surface area contributed by atoms with Crippen LogP contribution in [0.2, 0.25) is 0 Å². The Hall–Kier alpha value is -3.45. The molecule has 0 spiro atoms. The van der Waals surface area contributed by atoms with Crippen molar-refractivity contribution in [3.8, 4) is 0 Å². The molecule has 1 saturated carbocycles. The van der Waals surface area contributed by atoms with Crippen molar-refractivity contribution in [3.63, 3.8) is 0 Å². The van der Waals surface area contributed by atoms with Crippen LogP contribution in [0.15, 0.2) is 54.6 Å². The van der Waals surface area contributed by atoms with Gasteiger partial charge in [-0.15, -0.1) is 0 Å². The van der Waals surface area contributed by atoms with E-state index >= 15 is 0 Å². The first kappa shape index (κ1) is 24.3. The van der Waals surface area contributed by atoms with Crippen LogP contribution in [-0.2, 0) is 16.0 Å². The molecule has 0 radical (unpaired) electrons. The fourth-order valence-corrected chi connectivity index (χ4v) is 6.08. The predicted molar refractivity (Wildman–Crippen MR) is 138 cm³/mol. The highest BCUT2D eigenvalue weighted by atomic mass is 16.4. The summed E-state index contributed by atoms with van der Waals surface area (Å²) in [5.74, 6) is -0.462. The van der Waals surface area contributed by atoms with E-state index in [1.54, 1.807) is 6.07 Å². The van der Waals surface area contributed by atoms with Gasteiger partial charge in [-0.25, -0.2) is 4.79 Å². The Balaban J connectivity index is 1.39. The van der Waals surface area contributed by atoms with Crippen molar-refractivity contribution in [2.24, 2.45) is 17.6 Å². The number of aromatic carboxylic acids is 1. The van der Waals surface area contributed by atoms with E-state index in [-0.39, 0.29) is 35.6 Å². The number of nitrogens with one attached hydrogen (secondary N) is 1. The van der Waals surface area contributed by atoms with Crippen LogP contribution in [0, 0.1) is 11.8 Å². The maximum atomic E-state index is 13.8. The molecule has 188 valence electrons. The van der Waals surface area contributed by atoms with Gasteiger partial charge in [0.2, 0.25) is 5.91 Å². The van der Waals surface area contributed by atoms with Crippen LogP contribution in [0.25, 0.3) is 10.9 Å². The Kier molecular flexibility index (Phi) is 6.92. The molecule has 4 N–H and O–H groups in total. The number of nitrogens with zero attached hydrogens (tertiary/aromatic N) is 1. The number of amides is 1. The van der Waals surface area contributed by atoms with Gasteiger partial charge >= 0.3 is 5.97 Å². The number of rotatable bonds is 7. The molecule has 7 heteroatoms. The summed E-state index contributed by atoms with van der Waals surface area (Å²) in [5, 5.41) is 10.0. The zero-order valence-corrected chi connectivity index (χ0v) is 20.4. The van der Waals surface area contributed by atoms with E-state index in [2.05, 4.69) is 4.98 Å². The zero-order valence-electron chi connectivity index (χ0n) is 20.4. The molecule has 2 unspecified atom stereocenters. The van der Waals surface area contributed by atoms with Crippen LogP contribution in [0.3, 0.4) is 0 Å². The summed E-state index contributed by atoms with van der Waals surface area (Å²) >= 11 is 0. The van der Waals surface area contributed by atoms with Crippen molar-refractivity contribution in [2.45, 2.75) is 50.5 Å². The number of fused-ring (bicyclic) bond motifs is 1. The van der Waals surface area contributed by atoms with E-state index in [0.717, 1.165) is 54.1 Å². The molecule has 2 heterocycles. The molecule has 2 aromatic carbocycles. The highest BCUT2D eigenvalue weighted by Gasteiger charge is 2.44. The molecule has 2 fully saturated rings. The summed E-state index contributed by atoms with van der Waals surface area (Å²) < 4.78 is 0. The summed E-state index contributed by atoms with van der Waals surface area (Å²) in [6, 6.07) is 16.6. The van der Waals surface area contributed by atoms with Gasteiger partial charge in [0.1, 0.15) is 5.69 Å². The SMILES string of the molecule is NCC1CCC(C(=O)N2CCC(c3ccccc3)C2C(=O)Cc2ccc3[nH]c(C(=O)O)cc3c2)CC1. The average molecular weight is 488 g/mol. The number of hydrogen-bond acceptors (Lipinski definition) is 4. The number of carbonyl (C=O) groups is 3. The van der Waals surface area contributed by atoms with E-state index in [9.17, 15) is 19.5 Å².